The molecule has 0 amide bonds. The number of carbonyl (C=O) groups is 1. The molecule has 4 rings (SSSR count). The van der Waals surface area contributed by atoms with Gasteiger partial charge in [-0.15, -0.1) is 0 Å². The summed E-state index contributed by atoms with van der Waals surface area (Å²) in [5.41, 5.74) is 3.51. The van der Waals surface area contributed by atoms with Crippen molar-refractivity contribution in [2.45, 2.75) is 6.42 Å². The molecule has 4 aromatic rings. The highest BCUT2D eigenvalue weighted by molar-refractivity contribution is 6.31. The van der Waals surface area contributed by atoms with Crippen LogP contribution in [0.25, 0.3) is 22.3 Å². The zero-order chi connectivity index (χ0) is 19.0. The highest BCUT2D eigenvalue weighted by Crippen LogP contribution is 2.32. The number of aryl methyl sites for hydroxylation is 1. The molecule has 0 aliphatic heterocycles. The third kappa shape index (κ3) is 3.19. The minimum absolute atomic E-state index is 0.108. The van der Waals surface area contributed by atoms with E-state index in [0.29, 0.717) is 28.0 Å². The Balaban J connectivity index is 1.69. The lowest BCUT2D eigenvalue weighted by Gasteiger charge is -2.04. The Bertz CT molecular complexity index is 1130. The van der Waals surface area contributed by atoms with Crippen LogP contribution < -0.4 is 4.74 Å². The van der Waals surface area contributed by atoms with Gasteiger partial charge < -0.3 is 9.72 Å². The summed E-state index contributed by atoms with van der Waals surface area (Å²) < 4.78 is 7.09. The number of halogens is 1. The SMILES string of the molecule is COc1c(-c2ccccc2)nn(C)c1C(=O)Cc1nc2ccc(Cl)cc2[nH]1. The molecule has 0 aliphatic carbocycles. The molecule has 0 aliphatic rings. The maximum atomic E-state index is 13.0. The van der Waals surface area contributed by atoms with E-state index in [9.17, 15) is 4.79 Å². The normalized spacial score (nSPS) is 11.1. The zero-order valence-electron chi connectivity index (χ0n) is 14.9. The molecule has 7 heteroatoms. The van der Waals surface area contributed by atoms with Gasteiger partial charge in [-0.1, -0.05) is 41.9 Å². The van der Waals surface area contributed by atoms with Crippen molar-refractivity contribution < 1.29 is 9.53 Å². The van der Waals surface area contributed by atoms with Crippen LogP contribution in [0.1, 0.15) is 16.3 Å². The second kappa shape index (κ2) is 6.89. The Morgan fingerprint density at radius 1 is 1.22 bits per heavy atom. The van der Waals surface area contributed by atoms with Gasteiger partial charge >= 0.3 is 0 Å². The summed E-state index contributed by atoms with van der Waals surface area (Å²) >= 11 is 6.01. The van der Waals surface area contributed by atoms with Gasteiger partial charge in [0.25, 0.3) is 0 Å². The topological polar surface area (TPSA) is 72.8 Å². The Labute approximate surface area is 160 Å². The first kappa shape index (κ1) is 17.3. The van der Waals surface area contributed by atoms with Gasteiger partial charge in [0, 0.05) is 17.6 Å². The van der Waals surface area contributed by atoms with Crippen LogP contribution in [0, 0.1) is 0 Å². The zero-order valence-corrected chi connectivity index (χ0v) is 15.6. The number of carbonyl (C=O) groups excluding carboxylic acids is 1. The first-order valence-electron chi connectivity index (χ1n) is 8.40. The summed E-state index contributed by atoms with van der Waals surface area (Å²) in [6.45, 7) is 0. The second-order valence-electron chi connectivity index (χ2n) is 6.17. The number of rotatable bonds is 5. The molecule has 0 atom stereocenters. The second-order valence-corrected chi connectivity index (χ2v) is 6.60. The van der Waals surface area contributed by atoms with Crippen LogP contribution in [-0.4, -0.2) is 32.6 Å². The van der Waals surface area contributed by atoms with Crippen molar-refractivity contribution in [2.24, 2.45) is 7.05 Å². The average Bonchev–Trinajstić information content (AvgIpc) is 3.21. The number of ketones is 1. The van der Waals surface area contributed by atoms with E-state index in [1.54, 1.807) is 31.0 Å². The first-order chi connectivity index (χ1) is 13.1. The first-order valence-corrected chi connectivity index (χ1v) is 8.78. The molecule has 0 saturated carbocycles. The van der Waals surface area contributed by atoms with E-state index in [2.05, 4.69) is 15.1 Å². The summed E-state index contributed by atoms with van der Waals surface area (Å²) in [6.07, 6.45) is 0.108. The van der Waals surface area contributed by atoms with Crippen molar-refractivity contribution in [3.8, 4) is 17.0 Å². The fourth-order valence-corrected chi connectivity index (χ4v) is 3.32. The minimum atomic E-state index is -0.130. The number of ether oxygens (including phenoxy) is 1. The van der Waals surface area contributed by atoms with Crippen LogP contribution in [0.5, 0.6) is 5.75 Å². The fourth-order valence-electron chi connectivity index (χ4n) is 3.14. The van der Waals surface area contributed by atoms with Gasteiger partial charge in [-0.2, -0.15) is 5.10 Å². The smallest absolute Gasteiger partial charge is 0.192 e. The summed E-state index contributed by atoms with van der Waals surface area (Å²) in [7, 11) is 3.28. The van der Waals surface area contributed by atoms with Crippen molar-refractivity contribution >= 4 is 28.4 Å². The number of hydrogen-bond acceptors (Lipinski definition) is 4. The highest BCUT2D eigenvalue weighted by Gasteiger charge is 2.24. The lowest BCUT2D eigenvalue weighted by atomic mass is 10.1. The number of fused-ring (bicyclic) bond motifs is 1. The third-order valence-electron chi connectivity index (χ3n) is 4.34. The molecule has 1 N–H and O–H groups in total. The number of hydrogen-bond donors (Lipinski definition) is 1. The van der Waals surface area contributed by atoms with E-state index >= 15 is 0 Å². The summed E-state index contributed by atoms with van der Waals surface area (Å²) in [4.78, 5) is 20.6. The van der Waals surface area contributed by atoms with Crippen LogP contribution in [0.2, 0.25) is 5.02 Å². The molecule has 0 radical (unpaired) electrons. The predicted molar refractivity (Wildman–Crippen MR) is 104 cm³/mol. The molecule has 0 spiro atoms. The lowest BCUT2D eigenvalue weighted by molar-refractivity contribution is 0.0979. The van der Waals surface area contributed by atoms with E-state index in [1.807, 2.05) is 36.4 Å². The number of Topliss-reactive ketones (excluding diaryl/α,β-unsaturated/α-hetero) is 1. The van der Waals surface area contributed by atoms with Crippen LogP contribution in [0.15, 0.2) is 48.5 Å². The lowest BCUT2D eigenvalue weighted by Crippen LogP contribution is -2.11. The van der Waals surface area contributed by atoms with Gasteiger partial charge in [-0.25, -0.2) is 4.98 Å². The molecule has 2 heterocycles. The fraction of sp³-hybridized carbons (Fsp3) is 0.150. The van der Waals surface area contributed by atoms with E-state index in [1.165, 1.54) is 0 Å². The molecule has 2 aromatic heterocycles. The number of aromatic nitrogens is 4. The molecular weight excluding hydrogens is 364 g/mol. The molecule has 0 fully saturated rings. The summed E-state index contributed by atoms with van der Waals surface area (Å²) in [5.74, 6) is 0.906. The highest BCUT2D eigenvalue weighted by atomic mass is 35.5. The van der Waals surface area contributed by atoms with Crippen LogP contribution in [0.3, 0.4) is 0 Å². The van der Waals surface area contributed by atoms with Gasteiger partial charge in [0.1, 0.15) is 17.2 Å². The Morgan fingerprint density at radius 3 is 2.74 bits per heavy atom. The maximum absolute atomic E-state index is 13.0. The van der Waals surface area contributed by atoms with Gasteiger partial charge in [0.05, 0.1) is 24.6 Å². The quantitative estimate of drug-likeness (QED) is 0.530. The Hall–Kier alpha value is -3.12. The van der Waals surface area contributed by atoms with E-state index in [4.69, 9.17) is 16.3 Å². The van der Waals surface area contributed by atoms with Crippen molar-refractivity contribution in [2.75, 3.05) is 7.11 Å². The monoisotopic (exact) mass is 380 g/mol. The summed E-state index contributed by atoms with van der Waals surface area (Å²) in [5, 5.41) is 5.11. The predicted octanol–water partition coefficient (Wildman–Crippen LogP) is 4.05. The molecule has 0 bridgehead atoms. The standard InChI is InChI=1S/C20H17ClN4O2/c1-25-19(20(27-2)18(24-25)12-6-4-3-5-7-12)16(26)11-17-22-14-9-8-13(21)10-15(14)23-17/h3-10H,11H2,1-2H3,(H,22,23). The van der Waals surface area contributed by atoms with Crippen molar-refractivity contribution in [3.63, 3.8) is 0 Å². The average molecular weight is 381 g/mol. The number of benzene rings is 2. The summed E-state index contributed by atoms with van der Waals surface area (Å²) in [6, 6.07) is 15.0. The van der Waals surface area contributed by atoms with E-state index < -0.39 is 0 Å². The largest absolute Gasteiger partial charge is 0.492 e. The van der Waals surface area contributed by atoms with E-state index in [-0.39, 0.29) is 12.2 Å². The van der Waals surface area contributed by atoms with Gasteiger partial charge in [0.15, 0.2) is 11.5 Å². The van der Waals surface area contributed by atoms with Crippen LogP contribution in [-0.2, 0) is 13.5 Å². The van der Waals surface area contributed by atoms with Crippen molar-refractivity contribution in [1.82, 2.24) is 19.7 Å². The molecule has 6 nitrogen and oxygen atoms in total. The number of methoxy groups -OCH3 is 1. The molecule has 136 valence electrons. The number of nitrogens with one attached hydrogen (secondary N) is 1. The van der Waals surface area contributed by atoms with Gasteiger partial charge in [-0.3, -0.25) is 9.48 Å². The Morgan fingerprint density at radius 2 is 2.00 bits per heavy atom. The minimum Gasteiger partial charge on any atom is -0.492 e. The number of H-pyrrole nitrogens is 1. The van der Waals surface area contributed by atoms with Crippen molar-refractivity contribution in [3.05, 3.63) is 65.1 Å². The molecule has 27 heavy (non-hydrogen) atoms. The molecule has 0 unspecified atom stereocenters. The maximum Gasteiger partial charge on any atom is 0.192 e. The van der Waals surface area contributed by atoms with Crippen LogP contribution in [0.4, 0.5) is 0 Å². The number of imidazole rings is 1. The Kier molecular flexibility index (Phi) is 4.41. The molecule has 0 saturated heterocycles. The third-order valence-corrected chi connectivity index (χ3v) is 4.58. The van der Waals surface area contributed by atoms with Crippen molar-refractivity contribution in [1.29, 1.82) is 0 Å². The number of aromatic amines is 1. The van der Waals surface area contributed by atoms with Gasteiger partial charge in [0.2, 0.25) is 0 Å². The van der Waals surface area contributed by atoms with Crippen LogP contribution >= 0.6 is 11.6 Å². The number of nitrogens with zero attached hydrogens (tertiary/aromatic N) is 3. The van der Waals surface area contributed by atoms with Gasteiger partial charge in [-0.05, 0) is 18.2 Å². The molecular formula is C20H17ClN4O2. The van der Waals surface area contributed by atoms with E-state index in [0.717, 1.165) is 16.6 Å². The molecule has 2 aromatic carbocycles.